The number of thiazole rings is 1. The average Bonchev–Trinajstić information content (AvgIpc) is 3.02. The Morgan fingerprint density at radius 2 is 1.93 bits per heavy atom. The number of benzene rings is 2. The number of aromatic nitrogens is 1. The summed E-state index contributed by atoms with van der Waals surface area (Å²) in [5, 5.41) is 12.1. The van der Waals surface area contributed by atoms with Crippen molar-refractivity contribution in [1.82, 2.24) is 4.98 Å². The van der Waals surface area contributed by atoms with E-state index in [-0.39, 0.29) is 27.9 Å². The van der Waals surface area contributed by atoms with Gasteiger partial charge in [0.2, 0.25) is 0 Å². The van der Waals surface area contributed by atoms with Crippen LogP contribution in [0.4, 0.5) is 18.9 Å². The molecule has 0 aliphatic rings. The van der Waals surface area contributed by atoms with Gasteiger partial charge in [-0.1, -0.05) is 17.9 Å². The normalized spacial score (nSPS) is 10.7. The Hall–Kier alpha value is -3.53. The number of carboxylic acid groups (broad SMARTS) is 1. The fourth-order valence-electron chi connectivity index (χ4n) is 2.65. The van der Waals surface area contributed by atoms with Gasteiger partial charge < -0.3 is 20.9 Å². The molecule has 0 saturated heterocycles. The van der Waals surface area contributed by atoms with Crippen LogP contribution >= 0.6 is 11.3 Å². The summed E-state index contributed by atoms with van der Waals surface area (Å²) in [6.45, 7) is 4.97. The van der Waals surface area contributed by atoms with Crippen LogP contribution in [0.1, 0.15) is 26.5 Å². The van der Waals surface area contributed by atoms with Gasteiger partial charge >= 0.3 is 5.97 Å². The van der Waals surface area contributed by atoms with Gasteiger partial charge in [-0.2, -0.15) is 0 Å². The monoisotopic (exact) mass is 435 g/mol. The van der Waals surface area contributed by atoms with Gasteiger partial charge in [0, 0.05) is 41.2 Å². The van der Waals surface area contributed by atoms with Crippen molar-refractivity contribution in [3.63, 3.8) is 0 Å². The molecule has 3 aromatic rings. The summed E-state index contributed by atoms with van der Waals surface area (Å²) in [7, 11) is 0. The highest BCUT2D eigenvalue weighted by Gasteiger charge is 2.17. The summed E-state index contributed by atoms with van der Waals surface area (Å²) in [6, 6.07) is 5.82. The fourth-order valence-corrected chi connectivity index (χ4v) is 3.42. The zero-order chi connectivity index (χ0) is 22.0. The van der Waals surface area contributed by atoms with E-state index in [4.69, 9.17) is 15.6 Å². The number of carboxylic acids is 1. The number of aromatic carboxylic acids is 1. The summed E-state index contributed by atoms with van der Waals surface area (Å²) in [4.78, 5) is 15.3. The molecule has 1 aromatic heterocycles. The van der Waals surface area contributed by atoms with Crippen LogP contribution in [0.2, 0.25) is 0 Å². The summed E-state index contributed by atoms with van der Waals surface area (Å²) in [5.74, 6) is -3.82. The van der Waals surface area contributed by atoms with Crippen molar-refractivity contribution in [2.24, 2.45) is 5.73 Å². The number of nitrogens with two attached hydrogens (primary N) is 1. The predicted molar refractivity (Wildman–Crippen MR) is 107 cm³/mol. The molecule has 0 fully saturated rings. The van der Waals surface area contributed by atoms with Crippen LogP contribution in [-0.4, -0.2) is 16.1 Å². The van der Waals surface area contributed by atoms with E-state index in [1.807, 2.05) is 0 Å². The van der Waals surface area contributed by atoms with Crippen molar-refractivity contribution in [3.05, 3.63) is 76.1 Å². The number of ether oxygens (including phenoxy) is 1. The van der Waals surface area contributed by atoms with Crippen LogP contribution in [0.3, 0.4) is 0 Å². The molecule has 4 N–H and O–H groups in total. The zero-order valence-corrected chi connectivity index (χ0v) is 16.4. The topological polar surface area (TPSA) is 97.5 Å². The van der Waals surface area contributed by atoms with Gasteiger partial charge in [-0.3, -0.25) is 0 Å². The first-order chi connectivity index (χ1) is 14.2. The Morgan fingerprint density at radius 1 is 1.27 bits per heavy atom. The second-order valence-electron chi connectivity index (χ2n) is 6.24. The Bertz CT molecular complexity index is 1120. The highest BCUT2D eigenvalue weighted by atomic mass is 32.1. The smallest absolute Gasteiger partial charge is 0.347 e. The molecular weight excluding hydrogens is 419 g/mol. The molecule has 0 aliphatic carbocycles. The van der Waals surface area contributed by atoms with Gasteiger partial charge in [0.1, 0.15) is 28.1 Å². The Morgan fingerprint density at radius 3 is 2.50 bits per heavy atom. The van der Waals surface area contributed by atoms with Gasteiger partial charge in [-0.15, -0.1) is 0 Å². The van der Waals surface area contributed by atoms with Crippen LogP contribution in [-0.2, 0) is 6.54 Å². The van der Waals surface area contributed by atoms with Crippen LogP contribution in [0, 0.1) is 24.4 Å². The number of aryl methyl sites for hydroxylation is 1. The average molecular weight is 435 g/mol. The molecule has 156 valence electrons. The standard InChI is InChI=1S/C20H16F3N3O3S/c1-9(24)13-7-12(29-20-26-10(2)18(30-20)19(27)28)3-4-17(13)25-8-14-15(22)5-11(21)6-16(14)23/h3-7,25H,1,8,24H2,2H3,(H,27,28). The number of anilines is 1. The SMILES string of the molecule is C=C(N)c1cc(Oc2nc(C)c(C(=O)O)s2)ccc1NCc1c(F)cc(F)cc1F. The summed E-state index contributed by atoms with van der Waals surface area (Å²) in [6.07, 6.45) is 0. The zero-order valence-electron chi connectivity index (χ0n) is 15.6. The molecule has 10 heteroatoms. The van der Waals surface area contributed by atoms with E-state index in [0.717, 1.165) is 11.3 Å². The summed E-state index contributed by atoms with van der Waals surface area (Å²) >= 11 is 0.877. The lowest BCUT2D eigenvalue weighted by molar-refractivity contribution is 0.0701. The molecule has 6 nitrogen and oxygen atoms in total. The van der Waals surface area contributed by atoms with Gasteiger partial charge in [0.25, 0.3) is 5.19 Å². The largest absolute Gasteiger partial charge is 0.477 e. The Kier molecular flexibility index (Phi) is 5.97. The van der Waals surface area contributed by atoms with Crippen molar-refractivity contribution in [1.29, 1.82) is 0 Å². The van der Waals surface area contributed by atoms with Crippen molar-refractivity contribution < 1.29 is 27.8 Å². The maximum atomic E-state index is 13.8. The third kappa shape index (κ3) is 4.54. The minimum absolute atomic E-state index is 0.0649. The first kappa shape index (κ1) is 21.2. The number of hydrogen-bond donors (Lipinski definition) is 3. The van der Waals surface area contributed by atoms with E-state index in [1.165, 1.54) is 6.07 Å². The van der Waals surface area contributed by atoms with Gasteiger partial charge in [0.15, 0.2) is 0 Å². The molecule has 0 bridgehead atoms. The lowest BCUT2D eigenvalue weighted by Crippen LogP contribution is -2.08. The van der Waals surface area contributed by atoms with Crippen LogP contribution < -0.4 is 15.8 Å². The molecule has 3 rings (SSSR count). The van der Waals surface area contributed by atoms with E-state index < -0.39 is 23.4 Å². The number of halogens is 3. The highest BCUT2D eigenvalue weighted by molar-refractivity contribution is 7.15. The van der Waals surface area contributed by atoms with E-state index in [9.17, 15) is 18.0 Å². The minimum Gasteiger partial charge on any atom is -0.477 e. The van der Waals surface area contributed by atoms with Crippen molar-refractivity contribution >= 4 is 28.7 Å². The first-order valence-electron chi connectivity index (χ1n) is 8.50. The third-order valence-electron chi connectivity index (χ3n) is 4.07. The molecular formula is C20H16F3N3O3S. The number of carbonyl (C=O) groups is 1. The Labute approximate surface area is 173 Å². The van der Waals surface area contributed by atoms with Gasteiger partial charge in [-0.05, 0) is 25.1 Å². The first-order valence-corrected chi connectivity index (χ1v) is 9.32. The fraction of sp³-hybridized carbons (Fsp3) is 0.100. The van der Waals surface area contributed by atoms with E-state index in [2.05, 4.69) is 16.9 Å². The minimum atomic E-state index is -1.10. The molecule has 0 atom stereocenters. The molecule has 0 saturated carbocycles. The van der Waals surface area contributed by atoms with Crippen LogP contribution in [0.15, 0.2) is 36.9 Å². The maximum absolute atomic E-state index is 13.8. The quantitative estimate of drug-likeness (QED) is 0.488. The molecule has 0 spiro atoms. The molecule has 2 aromatic carbocycles. The summed E-state index contributed by atoms with van der Waals surface area (Å²) in [5.41, 5.74) is 6.79. The Balaban J connectivity index is 1.83. The van der Waals surface area contributed by atoms with Crippen LogP contribution in [0.25, 0.3) is 5.70 Å². The number of hydrogen-bond acceptors (Lipinski definition) is 6. The molecule has 0 amide bonds. The van der Waals surface area contributed by atoms with E-state index in [0.29, 0.717) is 34.8 Å². The molecule has 0 aliphatic heterocycles. The van der Waals surface area contributed by atoms with Crippen molar-refractivity contribution in [2.75, 3.05) is 5.32 Å². The van der Waals surface area contributed by atoms with E-state index >= 15 is 0 Å². The summed E-state index contributed by atoms with van der Waals surface area (Å²) < 4.78 is 46.3. The molecule has 0 unspecified atom stereocenters. The molecule has 0 radical (unpaired) electrons. The van der Waals surface area contributed by atoms with Crippen LogP contribution in [0.5, 0.6) is 10.9 Å². The second-order valence-corrected chi connectivity index (χ2v) is 7.20. The second kappa shape index (κ2) is 8.46. The van der Waals surface area contributed by atoms with Crippen molar-refractivity contribution in [3.8, 4) is 10.9 Å². The third-order valence-corrected chi connectivity index (χ3v) is 5.10. The van der Waals surface area contributed by atoms with E-state index in [1.54, 1.807) is 19.1 Å². The number of nitrogens with one attached hydrogen (secondary N) is 1. The lowest BCUT2D eigenvalue weighted by Gasteiger charge is -2.14. The van der Waals surface area contributed by atoms with Gasteiger partial charge in [0.05, 0.1) is 5.69 Å². The number of nitrogens with zero attached hydrogens (tertiary/aromatic N) is 1. The molecule has 30 heavy (non-hydrogen) atoms. The highest BCUT2D eigenvalue weighted by Crippen LogP contribution is 2.32. The lowest BCUT2D eigenvalue weighted by atomic mass is 10.1. The maximum Gasteiger partial charge on any atom is 0.347 e. The van der Waals surface area contributed by atoms with Crippen molar-refractivity contribution in [2.45, 2.75) is 13.5 Å². The molecule has 1 heterocycles. The number of rotatable bonds is 7. The van der Waals surface area contributed by atoms with Gasteiger partial charge in [-0.25, -0.2) is 22.9 Å². The predicted octanol–water partition coefficient (Wildman–Crippen LogP) is 4.90.